The number of benzene rings is 1. The maximum atomic E-state index is 14.1. The number of nitrogens with one attached hydrogen (secondary N) is 1. The van der Waals surface area contributed by atoms with E-state index >= 15 is 0 Å². The topological polar surface area (TPSA) is 24.9 Å². The first kappa shape index (κ1) is 13.7. The lowest BCUT2D eigenvalue weighted by atomic mass is 9.98. The largest absolute Gasteiger partial charge is 0.305 e. The molecule has 0 fully saturated rings. The normalized spacial score (nSPS) is 12.4. The molecule has 1 heterocycles. The average molecular weight is 258 g/mol. The van der Waals surface area contributed by atoms with Crippen LogP contribution in [0.1, 0.15) is 35.3 Å². The second-order valence-corrected chi connectivity index (χ2v) is 4.72. The van der Waals surface area contributed by atoms with E-state index in [0.29, 0.717) is 5.56 Å². The first-order valence-electron chi connectivity index (χ1n) is 6.54. The van der Waals surface area contributed by atoms with E-state index in [-0.39, 0.29) is 11.9 Å². The van der Waals surface area contributed by atoms with Crippen LogP contribution in [0.3, 0.4) is 0 Å². The summed E-state index contributed by atoms with van der Waals surface area (Å²) >= 11 is 0. The maximum absolute atomic E-state index is 14.1. The first-order chi connectivity index (χ1) is 9.13. The molecule has 3 heteroatoms. The van der Waals surface area contributed by atoms with Crippen LogP contribution in [-0.4, -0.2) is 11.5 Å². The Labute approximate surface area is 113 Å². The quantitative estimate of drug-likeness (QED) is 0.907. The fourth-order valence-corrected chi connectivity index (χ4v) is 2.24. The third-order valence-electron chi connectivity index (χ3n) is 3.19. The van der Waals surface area contributed by atoms with Crippen LogP contribution >= 0.6 is 0 Å². The smallest absolute Gasteiger partial charge is 0.128 e. The highest BCUT2D eigenvalue weighted by Gasteiger charge is 2.19. The maximum Gasteiger partial charge on any atom is 0.128 e. The molecule has 0 saturated carbocycles. The van der Waals surface area contributed by atoms with Crippen molar-refractivity contribution in [2.45, 2.75) is 26.8 Å². The Morgan fingerprint density at radius 2 is 2.05 bits per heavy atom. The van der Waals surface area contributed by atoms with E-state index in [9.17, 15) is 4.39 Å². The van der Waals surface area contributed by atoms with E-state index in [0.717, 1.165) is 23.4 Å². The number of nitrogens with zero attached hydrogens (tertiary/aromatic N) is 1. The average Bonchev–Trinajstić information content (AvgIpc) is 2.40. The van der Waals surface area contributed by atoms with Gasteiger partial charge in [0.1, 0.15) is 5.82 Å². The Morgan fingerprint density at radius 1 is 1.26 bits per heavy atom. The highest BCUT2D eigenvalue weighted by molar-refractivity contribution is 5.35. The lowest BCUT2D eigenvalue weighted by Crippen LogP contribution is -2.24. The van der Waals surface area contributed by atoms with Crippen molar-refractivity contribution in [2.75, 3.05) is 6.54 Å². The zero-order valence-electron chi connectivity index (χ0n) is 11.6. The summed E-state index contributed by atoms with van der Waals surface area (Å²) in [5.74, 6) is -0.193. The van der Waals surface area contributed by atoms with Gasteiger partial charge in [0.05, 0.1) is 11.7 Å². The van der Waals surface area contributed by atoms with E-state index in [4.69, 9.17) is 0 Å². The summed E-state index contributed by atoms with van der Waals surface area (Å²) in [6.07, 6.45) is 1.75. The molecule has 0 bridgehead atoms. The van der Waals surface area contributed by atoms with Gasteiger partial charge < -0.3 is 5.32 Å². The molecule has 0 aliphatic heterocycles. The van der Waals surface area contributed by atoms with Crippen molar-refractivity contribution in [3.05, 3.63) is 64.7 Å². The summed E-state index contributed by atoms with van der Waals surface area (Å²) in [7, 11) is 0. The second kappa shape index (κ2) is 5.93. The zero-order chi connectivity index (χ0) is 13.8. The van der Waals surface area contributed by atoms with Gasteiger partial charge in [-0.15, -0.1) is 0 Å². The Kier molecular flexibility index (Phi) is 4.27. The highest BCUT2D eigenvalue weighted by Crippen LogP contribution is 2.26. The predicted molar refractivity (Wildman–Crippen MR) is 75.6 cm³/mol. The molecular weight excluding hydrogens is 239 g/mol. The summed E-state index contributed by atoms with van der Waals surface area (Å²) in [4.78, 5) is 4.42. The molecule has 100 valence electrons. The molecule has 1 aromatic carbocycles. The van der Waals surface area contributed by atoms with Gasteiger partial charge in [0, 0.05) is 11.8 Å². The number of aromatic nitrogens is 1. The van der Waals surface area contributed by atoms with E-state index < -0.39 is 0 Å². The van der Waals surface area contributed by atoms with Crippen LogP contribution in [0.4, 0.5) is 4.39 Å². The molecule has 0 saturated heterocycles. The molecule has 0 aliphatic carbocycles. The van der Waals surface area contributed by atoms with Gasteiger partial charge in [-0.2, -0.15) is 0 Å². The molecule has 0 spiro atoms. The van der Waals surface area contributed by atoms with Crippen LogP contribution < -0.4 is 5.32 Å². The minimum Gasteiger partial charge on any atom is -0.305 e. The molecule has 2 nitrogen and oxygen atoms in total. The standard InChI is InChI=1S/C16H19FN2/c1-4-18-16(15-12(3)6-5-9-19-15)13-10-11(2)7-8-14(13)17/h5-10,16,18H,4H2,1-3H3. The molecule has 2 rings (SSSR count). The molecule has 0 radical (unpaired) electrons. The molecule has 1 N–H and O–H groups in total. The Hall–Kier alpha value is -1.74. The second-order valence-electron chi connectivity index (χ2n) is 4.72. The van der Waals surface area contributed by atoms with Crippen molar-refractivity contribution in [1.29, 1.82) is 0 Å². The summed E-state index contributed by atoms with van der Waals surface area (Å²) in [6, 6.07) is 8.89. The number of hydrogen-bond donors (Lipinski definition) is 1. The van der Waals surface area contributed by atoms with Crippen LogP contribution in [-0.2, 0) is 0 Å². The molecule has 0 aliphatic rings. The monoisotopic (exact) mass is 258 g/mol. The van der Waals surface area contributed by atoms with Gasteiger partial charge in [0.15, 0.2) is 0 Å². The van der Waals surface area contributed by atoms with Crippen LogP contribution in [0.15, 0.2) is 36.5 Å². The molecule has 2 aromatic rings. The molecule has 19 heavy (non-hydrogen) atoms. The predicted octanol–water partition coefficient (Wildman–Crippen LogP) is 3.54. The Morgan fingerprint density at radius 3 is 2.74 bits per heavy atom. The number of pyridine rings is 1. The van der Waals surface area contributed by atoms with Gasteiger partial charge >= 0.3 is 0 Å². The summed E-state index contributed by atoms with van der Waals surface area (Å²) in [6.45, 7) is 6.74. The van der Waals surface area contributed by atoms with E-state index in [1.165, 1.54) is 6.07 Å². The molecular formula is C16H19FN2. The third-order valence-corrected chi connectivity index (χ3v) is 3.19. The minimum absolute atomic E-state index is 0.193. The number of hydrogen-bond acceptors (Lipinski definition) is 2. The van der Waals surface area contributed by atoms with Crippen molar-refractivity contribution < 1.29 is 4.39 Å². The fourth-order valence-electron chi connectivity index (χ4n) is 2.24. The van der Waals surface area contributed by atoms with E-state index in [2.05, 4.69) is 10.3 Å². The lowest BCUT2D eigenvalue weighted by molar-refractivity contribution is 0.550. The van der Waals surface area contributed by atoms with Crippen LogP contribution in [0.2, 0.25) is 0 Å². The van der Waals surface area contributed by atoms with Gasteiger partial charge in [-0.1, -0.05) is 30.7 Å². The Bertz CT molecular complexity index is 566. The van der Waals surface area contributed by atoms with Crippen molar-refractivity contribution in [1.82, 2.24) is 10.3 Å². The van der Waals surface area contributed by atoms with Gasteiger partial charge in [-0.25, -0.2) is 4.39 Å². The van der Waals surface area contributed by atoms with Crippen molar-refractivity contribution in [2.24, 2.45) is 0 Å². The first-order valence-corrected chi connectivity index (χ1v) is 6.54. The van der Waals surface area contributed by atoms with Gasteiger partial charge in [0.2, 0.25) is 0 Å². The third kappa shape index (κ3) is 2.99. The number of rotatable bonds is 4. The fraction of sp³-hybridized carbons (Fsp3) is 0.312. The van der Waals surface area contributed by atoms with Crippen molar-refractivity contribution in [3.63, 3.8) is 0 Å². The van der Waals surface area contributed by atoms with Crippen LogP contribution in [0, 0.1) is 19.7 Å². The molecule has 0 amide bonds. The lowest BCUT2D eigenvalue weighted by Gasteiger charge is -2.20. The zero-order valence-corrected chi connectivity index (χ0v) is 11.6. The summed E-state index contributed by atoms with van der Waals surface area (Å²) < 4.78 is 14.1. The van der Waals surface area contributed by atoms with E-state index in [1.54, 1.807) is 12.3 Å². The van der Waals surface area contributed by atoms with Crippen LogP contribution in [0.25, 0.3) is 0 Å². The molecule has 1 aromatic heterocycles. The molecule has 1 unspecified atom stereocenters. The SMILES string of the molecule is CCNC(c1cc(C)ccc1F)c1ncccc1C. The summed E-state index contributed by atoms with van der Waals surface area (Å²) in [5.41, 5.74) is 3.65. The van der Waals surface area contributed by atoms with Gasteiger partial charge in [0.25, 0.3) is 0 Å². The number of halogens is 1. The van der Waals surface area contributed by atoms with Gasteiger partial charge in [-0.05, 0) is 38.1 Å². The van der Waals surface area contributed by atoms with E-state index in [1.807, 2.05) is 39.0 Å². The van der Waals surface area contributed by atoms with Crippen LogP contribution in [0.5, 0.6) is 0 Å². The highest BCUT2D eigenvalue weighted by atomic mass is 19.1. The summed E-state index contributed by atoms with van der Waals surface area (Å²) in [5, 5.41) is 3.32. The van der Waals surface area contributed by atoms with Crippen molar-refractivity contribution in [3.8, 4) is 0 Å². The minimum atomic E-state index is -0.203. The van der Waals surface area contributed by atoms with Crippen molar-refractivity contribution >= 4 is 0 Å². The molecule has 1 atom stereocenters. The van der Waals surface area contributed by atoms with Gasteiger partial charge in [-0.3, -0.25) is 4.98 Å². The Balaban J connectivity index is 2.51. The number of aryl methyl sites for hydroxylation is 2.